The summed E-state index contributed by atoms with van der Waals surface area (Å²) in [6, 6.07) is 0. The van der Waals surface area contributed by atoms with Crippen molar-refractivity contribution in [1.82, 2.24) is 0 Å². The van der Waals surface area contributed by atoms with Gasteiger partial charge < -0.3 is 76.2 Å². The Hall–Kier alpha value is -5.54. The fourth-order valence-corrected chi connectivity index (χ4v) is 6.77. The lowest BCUT2D eigenvalue weighted by molar-refractivity contribution is -0.379. The van der Waals surface area contributed by atoms with Gasteiger partial charge in [0.1, 0.15) is 50.3 Å². The quantitative estimate of drug-likeness (QED) is 0.123. The molecule has 0 saturated carbocycles. The fourth-order valence-electron chi connectivity index (χ4n) is 6.77. The summed E-state index contributed by atoms with van der Waals surface area (Å²) in [6.07, 6.45) is -27.6. The van der Waals surface area contributed by atoms with Crippen molar-refractivity contribution in [2.24, 2.45) is 0 Å². The second-order valence-electron chi connectivity index (χ2n) is 14.3. The Morgan fingerprint density at radius 2 is 0.594 bits per heavy atom. The number of aliphatic hydroxyl groups is 1. The zero-order valence-corrected chi connectivity index (χ0v) is 36.4. The normalized spacial score (nSPS) is 32.3. The molecule has 0 aromatic carbocycles. The lowest BCUT2D eigenvalue weighted by Crippen LogP contribution is -2.69. The molecule has 0 aromatic rings. The van der Waals surface area contributed by atoms with Crippen molar-refractivity contribution < 1.29 is 124 Å². The second-order valence-corrected chi connectivity index (χ2v) is 14.3. The molecule has 0 spiro atoms. The first-order valence-corrected chi connectivity index (χ1v) is 19.4. The third-order valence-corrected chi connectivity index (χ3v) is 8.84. The molecule has 0 aromatic heterocycles. The number of aliphatic hydroxyl groups excluding tert-OH is 1. The summed E-state index contributed by atoms with van der Waals surface area (Å²) >= 11 is 0. The van der Waals surface area contributed by atoms with E-state index in [2.05, 4.69) is 0 Å². The van der Waals surface area contributed by atoms with Gasteiger partial charge in [-0.1, -0.05) is 0 Å². The number of esters is 10. The molecule has 360 valence electrons. The molecular formula is C38H52O26. The average molecular weight is 925 g/mol. The van der Waals surface area contributed by atoms with E-state index < -0.39 is 172 Å². The van der Waals surface area contributed by atoms with Gasteiger partial charge in [-0.05, 0) is 0 Å². The molecule has 0 unspecified atom stereocenters. The maximum atomic E-state index is 12.9. The third-order valence-electron chi connectivity index (χ3n) is 8.84. The zero-order chi connectivity index (χ0) is 48.2. The van der Waals surface area contributed by atoms with Gasteiger partial charge in [-0.25, -0.2) is 0 Å². The van der Waals surface area contributed by atoms with Crippen molar-refractivity contribution in [2.45, 2.75) is 161 Å². The molecule has 64 heavy (non-hydrogen) atoms. The van der Waals surface area contributed by atoms with Crippen LogP contribution in [0.2, 0.25) is 0 Å². The highest BCUT2D eigenvalue weighted by Crippen LogP contribution is 2.38. The smallest absolute Gasteiger partial charge is 0.303 e. The Bertz CT molecular complexity index is 1730. The molecule has 3 aliphatic rings. The van der Waals surface area contributed by atoms with Crippen LogP contribution in [0.4, 0.5) is 0 Å². The number of ether oxygens (including phenoxy) is 15. The number of carbonyl (C=O) groups excluding carboxylic acids is 10. The molecule has 0 bridgehead atoms. The first kappa shape index (κ1) is 52.8. The van der Waals surface area contributed by atoms with Crippen molar-refractivity contribution >= 4 is 59.7 Å². The Morgan fingerprint density at radius 3 is 0.953 bits per heavy atom. The van der Waals surface area contributed by atoms with Crippen molar-refractivity contribution in [1.29, 1.82) is 0 Å². The van der Waals surface area contributed by atoms with Crippen LogP contribution in [0.5, 0.6) is 0 Å². The highest BCUT2D eigenvalue weighted by atomic mass is 16.8. The largest absolute Gasteiger partial charge is 0.463 e. The monoisotopic (exact) mass is 924 g/mol. The lowest BCUT2D eigenvalue weighted by atomic mass is 9.95. The predicted molar refractivity (Wildman–Crippen MR) is 197 cm³/mol. The maximum Gasteiger partial charge on any atom is 0.303 e. The minimum Gasteiger partial charge on any atom is -0.463 e. The lowest BCUT2D eigenvalue weighted by Gasteiger charge is -2.50. The molecule has 1 N–H and O–H groups in total. The van der Waals surface area contributed by atoms with Crippen LogP contribution in [-0.4, -0.2) is 177 Å². The van der Waals surface area contributed by atoms with Gasteiger partial charge >= 0.3 is 59.7 Å². The Balaban J connectivity index is 2.33. The average Bonchev–Trinajstić information content (AvgIpc) is 3.14. The van der Waals surface area contributed by atoms with Crippen molar-refractivity contribution in [2.75, 3.05) is 19.8 Å². The van der Waals surface area contributed by atoms with E-state index in [9.17, 15) is 53.1 Å². The van der Waals surface area contributed by atoms with Crippen LogP contribution in [0, 0.1) is 0 Å². The summed E-state index contributed by atoms with van der Waals surface area (Å²) in [7, 11) is 0. The van der Waals surface area contributed by atoms with Gasteiger partial charge in [-0.2, -0.15) is 0 Å². The number of hydrogen-bond donors (Lipinski definition) is 1. The van der Waals surface area contributed by atoms with Crippen molar-refractivity contribution in [3.63, 3.8) is 0 Å². The summed E-state index contributed by atoms with van der Waals surface area (Å²) in [5.41, 5.74) is 0. The third kappa shape index (κ3) is 15.6. The van der Waals surface area contributed by atoms with Crippen LogP contribution in [0.15, 0.2) is 0 Å². The molecule has 26 heteroatoms. The molecule has 3 saturated heterocycles. The second kappa shape index (κ2) is 23.9. The highest BCUT2D eigenvalue weighted by Gasteiger charge is 2.60. The highest BCUT2D eigenvalue weighted by molar-refractivity contribution is 5.70. The number of carbonyl (C=O) groups is 10. The first-order valence-electron chi connectivity index (χ1n) is 19.4. The summed E-state index contributed by atoms with van der Waals surface area (Å²) in [6.45, 7) is 7.62. The van der Waals surface area contributed by atoms with Crippen molar-refractivity contribution in [3.8, 4) is 0 Å². The molecule has 26 nitrogen and oxygen atoms in total. The summed E-state index contributed by atoms with van der Waals surface area (Å²) < 4.78 is 84.4. The van der Waals surface area contributed by atoms with Crippen LogP contribution >= 0.6 is 0 Å². The molecule has 15 atom stereocenters. The molecule has 3 rings (SSSR count). The summed E-state index contributed by atoms with van der Waals surface area (Å²) in [5, 5.41) is 10.9. The minimum atomic E-state index is -2.06. The number of rotatable bonds is 17. The van der Waals surface area contributed by atoms with Crippen LogP contribution in [0.25, 0.3) is 0 Å². The van der Waals surface area contributed by atoms with E-state index in [0.717, 1.165) is 69.2 Å². The van der Waals surface area contributed by atoms with Gasteiger partial charge in [-0.3, -0.25) is 47.9 Å². The van der Waals surface area contributed by atoms with Crippen molar-refractivity contribution in [3.05, 3.63) is 0 Å². The summed E-state index contributed by atoms with van der Waals surface area (Å²) in [5.74, 6) is -9.66. The first-order chi connectivity index (χ1) is 29.9. The number of hydrogen-bond acceptors (Lipinski definition) is 26. The van der Waals surface area contributed by atoms with E-state index >= 15 is 0 Å². The van der Waals surface area contributed by atoms with Gasteiger partial charge in [0, 0.05) is 69.2 Å². The fraction of sp³-hybridized carbons (Fsp3) is 0.737. The minimum absolute atomic E-state index is 0.703. The molecule has 0 amide bonds. The van der Waals surface area contributed by atoms with E-state index in [0.29, 0.717) is 0 Å². The van der Waals surface area contributed by atoms with E-state index in [-0.39, 0.29) is 0 Å². The summed E-state index contributed by atoms with van der Waals surface area (Å²) in [4.78, 5) is 124. The van der Waals surface area contributed by atoms with Crippen LogP contribution in [0.1, 0.15) is 69.2 Å². The van der Waals surface area contributed by atoms with Gasteiger partial charge in [0.25, 0.3) is 0 Å². The Morgan fingerprint density at radius 1 is 0.328 bits per heavy atom. The van der Waals surface area contributed by atoms with Gasteiger partial charge in [-0.15, -0.1) is 0 Å². The molecule has 0 aliphatic carbocycles. The van der Waals surface area contributed by atoms with E-state index in [1.807, 2.05) is 0 Å². The molecule has 0 radical (unpaired) electrons. The van der Waals surface area contributed by atoms with Crippen LogP contribution in [0.3, 0.4) is 0 Å². The molecule has 3 heterocycles. The van der Waals surface area contributed by atoms with E-state index in [1.54, 1.807) is 0 Å². The van der Waals surface area contributed by atoms with E-state index in [4.69, 9.17) is 71.1 Å². The van der Waals surface area contributed by atoms with Crippen LogP contribution in [-0.2, 0) is 119 Å². The molecule has 3 aliphatic heterocycles. The van der Waals surface area contributed by atoms with Gasteiger partial charge in [0.05, 0.1) is 0 Å². The Kier molecular flexibility index (Phi) is 19.8. The van der Waals surface area contributed by atoms with Gasteiger partial charge in [0.15, 0.2) is 61.6 Å². The van der Waals surface area contributed by atoms with E-state index in [1.165, 1.54) is 0 Å². The maximum absolute atomic E-state index is 12.9. The Labute approximate surface area is 364 Å². The standard InChI is InChI=1S/C38H52O26/c1-14(39)50-11-24-29(30(55-19(6)44)33(36(49)60-24)57-21(8)46)63-37-35(59-23(10)48)32(28(54-18(5)43)26(61-37)13-52-16(3)41)64-38-34(58-22(9)47)31(56-20(7)45)27(53-17(4)42)25(62-38)12-51-15(2)40/h24-38,49H,11-13H2,1-10H3/t24-,25-,26-,27+,28+,29-,30+,31+,32+,33-,34-,35-,36+,37+,38+/m1/s1. The SMILES string of the molecule is CC(=O)OC[C@H]1O[C@@H](O[C@H]2[C@@H](OC(C)=O)[C@@H](COC(C)=O)O[C@@H](O[C@H]3[C@H](OC(C)=O)[C@@H](OC(C)=O)[C@@H](O)O[C@@H]3COC(C)=O)[C@@H]2OC(C)=O)[C@H](OC(C)=O)[C@@H](OC(C)=O)[C@H]1OC(C)=O. The molecular weight excluding hydrogens is 872 g/mol. The zero-order valence-electron chi connectivity index (χ0n) is 36.4. The predicted octanol–water partition coefficient (Wildman–Crippen LogP) is -1.86. The molecule has 3 fully saturated rings. The topological polar surface area (TPSA) is 329 Å². The van der Waals surface area contributed by atoms with Gasteiger partial charge in [0.2, 0.25) is 0 Å². The van der Waals surface area contributed by atoms with Crippen LogP contribution < -0.4 is 0 Å².